The van der Waals surface area contributed by atoms with E-state index in [0.29, 0.717) is 12.8 Å². The van der Waals surface area contributed by atoms with Gasteiger partial charge in [-0.15, -0.1) is 0 Å². The van der Waals surface area contributed by atoms with E-state index in [1.807, 2.05) is 0 Å². The first kappa shape index (κ1) is 7.66. The second kappa shape index (κ2) is 4.81. The van der Waals surface area contributed by atoms with Gasteiger partial charge in [-0.3, -0.25) is 0 Å². The van der Waals surface area contributed by atoms with Crippen LogP contribution in [-0.2, 0) is 0 Å². The van der Waals surface area contributed by atoms with E-state index in [0.717, 1.165) is 0 Å². The summed E-state index contributed by atoms with van der Waals surface area (Å²) in [5, 5.41) is 17.0. The largest absolute Gasteiger partial charge is 0.396 e. The molecule has 0 aliphatic heterocycles. The fourth-order valence-corrected chi connectivity index (χ4v) is 0.387. The average molecular weight is 115 g/mol. The van der Waals surface area contributed by atoms with Crippen molar-refractivity contribution in [1.29, 1.82) is 0 Å². The molecule has 0 aromatic rings. The van der Waals surface area contributed by atoms with Gasteiger partial charge in [0.05, 0.1) is 6.10 Å². The zero-order chi connectivity index (χ0) is 6.41. The van der Waals surface area contributed by atoms with Gasteiger partial charge in [-0.1, -0.05) is 6.58 Å². The van der Waals surface area contributed by atoms with Crippen molar-refractivity contribution in [2.24, 2.45) is 0 Å². The van der Waals surface area contributed by atoms with Crippen molar-refractivity contribution in [3.63, 3.8) is 0 Å². The summed E-state index contributed by atoms with van der Waals surface area (Å²) < 4.78 is 0. The van der Waals surface area contributed by atoms with E-state index in [2.05, 4.69) is 12.7 Å². The lowest BCUT2D eigenvalue weighted by Crippen LogP contribution is -2.02. The monoisotopic (exact) mass is 115 g/mol. The molecule has 1 radical (unpaired) electrons. The molecule has 2 heteroatoms. The minimum absolute atomic E-state index is 0.124. The maximum absolute atomic E-state index is 8.70. The van der Waals surface area contributed by atoms with Crippen LogP contribution in [0.1, 0.15) is 12.8 Å². The van der Waals surface area contributed by atoms with Gasteiger partial charge in [0.1, 0.15) is 0 Å². The van der Waals surface area contributed by atoms with Crippen molar-refractivity contribution in [3.05, 3.63) is 12.7 Å². The van der Waals surface area contributed by atoms with E-state index in [9.17, 15) is 0 Å². The number of hydrogen-bond acceptors (Lipinski definition) is 2. The lowest BCUT2D eigenvalue weighted by atomic mass is 10.2. The third kappa shape index (κ3) is 3.84. The van der Waals surface area contributed by atoms with Crippen LogP contribution in [0.4, 0.5) is 0 Å². The Labute approximate surface area is 49.5 Å². The molecular weight excluding hydrogens is 104 g/mol. The maximum atomic E-state index is 8.70. The molecule has 2 N–H and O–H groups in total. The zero-order valence-electron chi connectivity index (χ0n) is 4.80. The molecule has 0 amide bonds. The molecule has 0 saturated heterocycles. The molecule has 8 heavy (non-hydrogen) atoms. The van der Waals surface area contributed by atoms with Crippen LogP contribution in [0.3, 0.4) is 0 Å². The average Bonchev–Trinajstić information content (AvgIpc) is 1.83. The summed E-state index contributed by atoms with van der Waals surface area (Å²) in [5.74, 6) is 0. The van der Waals surface area contributed by atoms with Gasteiger partial charge in [0.2, 0.25) is 0 Å². The van der Waals surface area contributed by atoms with Gasteiger partial charge < -0.3 is 10.2 Å². The summed E-state index contributed by atoms with van der Waals surface area (Å²) >= 11 is 0. The van der Waals surface area contributed by atoms with Gasteiger partial charge in [0.15, 0.2) is 0 Å². The number of rotatable bonds is 4. The standard InChI is InChI=1S/C6H11O2/c1-2-6(8)4-3-5-7/h6-8H,1,3-5H2. The van der Waals surface area contributed by atoms with Crippen LogP contribution in [0.25, 0.3) is 0 Å². The predicted octanol–water partition coefficient (Wildman–Crippen LogP) is 0.109. The van der Waals surface area contributed by atoms with Crippen molar-refractivity contribution < 1.29 is 10.2 Å². The van der Waals surface area contributed by atoms with E-state index in [1.54, 1.807) is 0 Å². The first-order chi connectivity index (χ1) is 3.81. The maximum Gasteiger partial charge on any atom is 0.0788 e. The Balaban J connectivity index is 2.98. The van der Waals surface area contributed by atoms with Crippen molar-refractivity contribution >= 4 is 0 Å². The first-order valence-corrected chi connectivity index (χ1v) is 2.62. The summed E-state index contributed by atoms with van der Waals surface area (Å²) in [4.78, 5) is 0. The molecule has 0 aliphatic rings. The summed E-state index contributed by atoms with van der Waals surface area (Å²) in [6.07, 6.45) is 3.00. The van der Waals surface area contributed by atoms with E-state index in [4.69, 9.17) is 10.2 Å². The molecule has 0 saturated carbocycles. The highest BCUT2D eigenvalue weighted by Gasteiger charge is 1.94. The Kier molecular flexibility index (Phi) is 4.61. The fourth-order valence-electron chi connectivity index (χ4n) is 0.387. The molecule has 0 heterocycles. The molecular formula is C6H11O2. The van der Waals surface area contributed by atoms with Crippen molar-refractivity contribution in [2.45, 2.75) is 18.9 Å². The first-order valence-electron chi connectivity index (χ1n) is 2.62. The zero-order valence-corrected chi connectivity index (χ0v) is 4.80. The van der Waals surface area contributed by atoms with Crippen molar-refractivity contribution in [2.75, 3.05) is 6.61 Å². The van der Waals surface area contributed by atoms with Crippen LogP contribution in [0.15, 0.2) is 6.58 Å². The molecule has 0 bridgehead atoms. The van der Waals surface area contributed by atoms with E-state index in [1.165, 1.54) is 0 Å². The van der Waals surface area contributed by atoms with Crippen LogP contribution in [0.2, 0.25) is 0 Å². The molecule has 1 unspecified atom stereocenters. The van der Waals surface area contributed by atoms with Gasteiger partial charge in [0, 0.05) is 6.61 Å². The number of aliphatic hydroxyl groups excluding tert-OH is 2. The highest BCUT2D eigenvalue weighted by atomic mass is 16.3. The molecule has 47 valence electrons. The molecule has 0 aromatic carbocycles. The SMILES string of the molecule is C=[C]C(O)CCCO. The Hall–Kier alpha value is -0.340. The quantitative estimate of drug-likeness (QED) is 0.546. The normalized spacial score (nSPS) is 13.2. The van der Waals surface area contributed by atoms with Crippen LogP contribution in [0.5, 0.6) is 0 Å². The topological polar surface area (TPSA) is 40.5 Å². The van der Waals surface area contributed by atoms with Crippen LogP contribution in [-0.4, -0.2) is 22.9 Å². The summed E-state index contributed by atoms with van der Waals surface area (Å²) in [6.45, 7) is 3.38. The van der Waals surface area contributed by atoms with Gasteiger partial charge in [-0.25, -0.2) is 0 Å². The van der Waals surface area contributed by atoms with E-state index >= 15 is 0 Å². The smallest absolute Gasteiger partial charge is 0.0788 e. The molecule has 0 rings (SSSR count). The lowest BCUT2D eigenvalue weighted by Gasteiger charge is -1.99. The minimum atomic E-state index is -0.567. The second-order valence-corrected chi connectivity index (χ2v) is 1.59. The second-order valence-electron chi connectivity index (χ2n) is 1.59. The summed E-state index contributed by atoms with van der Waals surface area (Å²) in [7, 11) is 0. The highest BCUT2D eigenvalue weighted by molar-refractivity contribution is 4.67. The lowest BCUT2D eigenvalue weighted by molar-refractivity contribution is 0.185. The van der Waals surface area contributed by atoms with Gasteiger partial charge in [0.25, 0.3) is 0 Å². The minimum Gasteiger partial charge on any atom is -0.396 e. The van der Waals surface area contributed by atoms with Crippen LogP contribution in [0, 0.1) is 6.08 Å². The molecule has 0 aromatic heterocycles. The van der Waals surface area contributed by atoms with Gasteiger partial charge in [-0.05, 0) is 18.9 Å². The Morgan fingerprint density at radius 2 is 2.25 bits per heavy atom. The predicted molar refractivity (Wildman–Crippen MR) is 31.2 cm³/mol. The van der Waals surface area contributed by atoms with Crippen molar-refractivity contribution in [3.8, 4) is 0 Å². The summed E-state index contributed by atoms with van der Waals surface area (Å²) in [5.41, 5.74) is 0. The Morgan fingerprint density at radius 1 is 1.62 bits per heavy atom. The molecule has 2 nitrogen and oxygen atoms in total. The van der Waals surface area contributed by atoms with Crippen LogP contribution < -0.4 is 0 Å². The van der Waals surface area contributed by atoms with E-state index in [-0.39, 0.29) is 6.61 Å². The third-order valence-electron chi connectivity index (χ3n) is 0.871. The Bertz CT molecular complexity index is 61.5. The highest BCUT2D eigenvalue weighted by Crippen LogP contribution is 1.94. The van der Waals surface area contributed by atoms with Gasteiger partial charge in [-0.2, -0.15) is 0 Å². The van der Waals surface area contributed by atoms with Gasteiger partial charge >= 0.3 is 0 Å². The molecule has 0 spiro atoms. The number of hydrogen-bond donors (Lipinski definition) is 2. The molecule has 0 aliphatic carbocycles. The summed E-state index contributed by atoms with van der Waals surface area (Å²) in [6, 6.07) is 0. The molecule has 0 fully saturated rings. The van der Waals surface area contributed by atoms with Crippen molar-refractivity contribution in [1.82, 2.24) is 0 Å². The van der Waals surface area contributed by atoms with E-state index < -0.39 is 6.10 Å². The fraction of sp³-hybridized carbons (Fsp3) is 0.667. The molecule has 1 atom stereocenters. The third-order valence-corrected chi connectivity index (χ3v) is 0.871. The number of aliphatic hydroxyl groups is 2. The van der Waals surface area contributed by atoms with Crippen LogP contribution >= 0.6 is 0 Å². The Morgan fingerprint density at radius 3 is 2.62 bits per heavy atom.